The zero-order valence-corrected chi connectivity index (χ0v) is 13.9. The van der Waals surface area contributed by atoms with Crippen molar-refractivity contribution in [3.8, 4) is 5.75 Å². The number of aliphatic hydroxyl groups is 1. The van der Waals surface area contributed by atoms with E-state index >= 15 is 0 Å². The molecule has 1 aromatic heterocycles. The van der Waals surface area contributed by atoms with E-state index in [1.807, 2.05) is 6.07 Å². The van der Waals surface area contributed by atoms with Gasteiger partial charge in [-0.15, -0.1) is 0 Å². The molecule has 8 heteroatoms. The van der Waals surface area contributed by atoms with Crippen molar-refractivity contribution in [2.24, 2.45) is 5.73 Å². The van der Waals surface area contributed by atoms with Gasteiger partial charge in [-0.25, -0.2) is 4.98 Å². The third-order valence-electron chi connectivity index (χ3n) is 3.69. The summed E-state index contributed by atoms with van der Waals surface area (Å²) in [6, 6.07) is 12.2. The predicted molar refractivity (Wildman–Crippen MR) is 94.3 cm³/mol. The normalized spacial score (nSPS) is 10.7. The summed E-state index contributed by atoms with van der Waals surface area (Å²) in [4.78, 5) is 30.5. The summed E-state index contributed by atoms with van der Waals surface area (Å²) in [6.07, 6.45) is 0. The number of nitrogens with zero attached hydrogens (tertiary/aromatic N) is 1. The van der Waals surface area contributed by atoms with Crippen LogP contribution >= 0.6 is 0 Å². The monoisotopic (exact) mass is 354 g/mol. The first kappa shape index (κ1) is 17.4. The van der Waals surface area contributed by atoms with E-state index < -0.39 is 5.91 Å². The SMILES string of the molecule is NC(=O)COc1cccc(CNC(=O)c2cccc3[nH]c(CO)nc23)c1. The lowest BCUT2D eigenvalue weighted by Crippen LogP contribution is -2.23. The standard InChI is InChI=1S/C18H18N4O4/c19-15(24)10-26-12-4-1-3-11(7-12)8-20-18(25)13-5-2-6-14-17(13)22-16(9-23)21-14/h1-7,23H,8-10H2,(H2,19,24)(H,20,25)(H,21,22). The number of rotatable bonds is 7. The summed E-state index contributed by atoms with van der Waals surface area (Å²) < 4.78 is 5.25. The molecular formula is C18H18N4O4. The molecule has 2 aromatic carbocycles. The molecule has 0 aliphatic rings. The van der Waals surface area contributed by atoms with Crippen LogP contribution in [0.5, 0.6) is 5.75 Å². The lowest BCUT2D eigenvalue weighted by molar-refractivity contribution is -0.119. The van der Waals surface area contributed by atoms with Crippen LogP contribution < -0.4 is 15.8 Å². The van der Waals surface area contributed by atoms with E-state index in [4.69, 9.17) is 10.5 Å². The third-order valence-corrected chi connectivity index (χ3v) is 3.69. The number of H-pyrrole nitrogens is 1. The highest BCUT2D eigenvalue weighted by Crippen LogP contribution is 2.17. The number of carbonyl (C=O) groups is 2. The maximum Gasteiger partial charge on any atom is 0.255 e. The van der Waals surface area contributed by atoms with Gasteiger partial charge in [0.05, 0.1) is 11.1 Å². The maximum atomic E-state index is 12.5. The Morgan fingerprint density at radius 2 is 2.04 bits per heavy atom. The number of ether oxygens (including phenoxy) is 1. The number of aliphatic hydroxyl groups excluding tert-OH is 1. The van der Waals surface area contributed by atoms with Crippen LogP contribution in [0.1, 0.15) is 21.7 Å². The van der Waals surface area contributed by atoms with Gasteiger partial charge in [-0.2, -0.15) is 0 Å². The lowest BCUT2D eigenvalue weighted by atomic mass is 10.1. The number of aromatic amines is 1. The van der Waals surface area contributed by atoms with E-state index in [2.05, 4.69) is 15.3 Å². The van der Waals surface area contributed by atoms with Gasteiger partial charge in [-0.05, 0) is 29.8 Å². The average Bonchev–Trinajstić information content (AvgIpc) is 3.08. The van der Waals surface area contributed by atoms with Gasteiger partial charge in [0.15, 0.2) is 6.61 Å². The number of aromatic nitrogens is 2. The van der Waals surface area contributed by atoms with Crippen LogP contribution in [-0.4, -0.2) is 33.5 Å². The van der Waals surface area contributed by atoms with Crippen molar-refractivity contribution in [2.45, 2.75) is 13.2 Å². The number of hydrogen-bond acceptors (Lipinski definition) is 5. The predicted octanol–water partition coefficient (Wildman–Crippen LogP) is 0.849. The average molecular weight is 354 g/mol. The molecule has 2 amide bonds. The fourth-order valence-corrected chi connectivity index (χ4v) is 2.52. The smallest absolute Gasteiger partial charge is 0.255 e. The molecule has 0 unspecified atom stereocenters. The summed E-state index contributed by atoms with van der Waals surface area (Å²) in [6.45, 7) is -0.154. The molecule has 0 saturated heterocycles. The van der Waals surface area contributed by atoms with E-state index in [0.29, 0.717) is 28.2 Å². The number of imidazole rings is 1. The Labute approximate surface area is 149 Å². The number of hydrogen-bond donors (Lipinski definition) is 4. The van der Waals surface area contributed by atoms with Gasteiger partial charge >= 0.3 is 0 Å². The second kappa shape index (κ2) is 7.66. The Kier molecular flexibility index (Phi) is 5.14. The highest BCUT2D eigenvalue weighted by Gasteiger charge is 2.13. The van der Waals surface area contributed by atoms with E-state index in [9.17, 15) is 14.7 Å². The van der Waals surface area contributed by atoms with Crippen molar-refractivity contribution in [1.82, 2.24) is 15.3 Å². The van der Waals surface area contributed by atoms with Crippen molar-refractivity contribution in [3.05, 3.63) is 59.4 Å². The molecule has 1 heterocycles. The summed E-state index contributed by atoms with van der Waals surface area (Å²) in [5, 5.41) is 12.0. The number of nitrogens with one attached hydrogen (secondary N) is 2. The topological polar surface area (TPSA) is 130 Å². The van der Waals surface area contributed by atoms with Gasteiger partial charge in [0.25, 0.3) is 11.8 Å². The van der Waals surface area contributed by atoms with Crippen molar-refractivity contribution in [2.75, 3.05) is 6.61 Å². The third kappa shape index (κ3) is 3.98. The van der Waals surface area contributed by atoms with Gasteiger partial charge in [0.2, 0.25) is 0 Å². The quantitative estimate of drug-likeness (QED) is 0.500. The number of benzene rings is 2. The second-order valence-corrected chi connectivity index (χ2v) is 5.63. The van der Waals surface area contributed by atoms with E-state index in [0.717, 1.165) is 5.56 Å². The fraction of sp³-hybridized carbons (Fsp3) is 0.167. The van der Waals surface area contributed by atoms with Crippen molar-refractivity contribution < 1.29 is 19.4 Å². The molecule has 0 atom stereocenters. The second-order valence-electron chi connectivity index (χ2n) is 5.63. The summed E-state index contributed by atoms with van der Waals surface area (Å²) in [5.41, 5.74) is 7.47. The Bertz CT molecular complexity index is 951. The minimum atomic E-state index is -0.557. The first-order chi connectivity index (χ1) is 12.6. The van der Waals surface area contributed by atoms with Crippen molar-refractivity contribution in [1.29, 1.82) is 0 Å². The highest BCUT2D eigenvalue weighted by molar-refractivity contribution is 6.04. The number of para-hydroxylation sites is 1. The summed E-state index contributed by atoms with van der Waals surface area (Å²) >= 11 is 0. The molecule has 0 saturated carbocycles. The number of amides is 2. The minimum absolute atomic E-state index is 0.204. The number of nitrogens with two attached hydrogens (primary N) is 1. The Morgan fingerprint density at radius 1 is 1.23 bits per heavy atom. The Balaban J connectivity index is 1.70. The van der Waals surface area contributed by atoms with Crippen LogP contribution in [0.2, 0.25) is 0 Å². The number of primary amides is 1. The molecule has 5 N–H and O–H groups in total. The van der Waals surface area contributed by atoms with E-state index in [1.54, 1.807) is 36.4 Å². The molecule has 0 spiro atoms. The Hall–Kier alpha value is -3.39. The van der Waals surface area contributed by atoms with Crippen LogP contribution in [-0.2, 0) is 17.9 Å². The van der Waals surface area contributed by atoms with Gasteiger partial charge in [0.1, 0.15) is 23.7 Å². The van der Waals surface area contributed by atoms with Crippen LogP contribution in [0.4, 0.5) is 0 Å². The van der Waals surface area contributed by atoms with Gasteiger partial charge < -0.3 is 25.9 Å². The number of fused-ring (bicyclic) bond motifs is 1. The minimum Gasteiger partial charge on any atom is -0.484 e. The van der Waals surface area contributed by atoms with Gasteiger partial charge in [0, 0.05) is 6.54 Å². The Morgan fingerprint density at radius 3 is 2.81 bits per heavy atom. The molecule has 0 aliphatic heterocycles. The molecule has 8 nitrogen and oxygen atoms in total. The van der Waals surface area contributed by atoms with Crippen LogP contribution in [0.15, 0.2) is 42.5 Å². The first-order valence-electron chi connectivity index (χ1n) is 7.93. The van der Waals surface area contributed by atoms with Gasteiger partial charge in [-0.1, -0.05) is 18.2 Å². The molecule has 0 aliphatic carbocycles. The molecule has 0 bridgehead atoms. The summed E-state index contributed by atoms with van der Waals surface area (Å²) in [7, 11) is 0. The van der Waals surface area contributed by atoms with Crippen molar-refractivity contribution in [3.63, 3.8) is 0 Å². The fourth-order valence-electron chi connectivity index (χ4n) is 2.52. The first-order valence-corrected chi connectivity index (χ1v) is 7.93. The molecule has 26 heavy (non-hydrogen) atoms. The van der Waals surface area contributed by atoms with E-state index in [-0.39, 0.29) is 25.7 Å². The van der Waals surface area contributed by atoms with Gasteiger partial charge in [-0.3, -0.25) is 9.59 Å². The van der Waals surface area contributed by atoms with E-state index in [1.165, 1.54) is 0 Å². The molecule has 134 valence electrons. The maximum absolute atomic E-state index is 12.5. The van der Waals surface area contributed by atoms with Crippen LogP contribution in [0.3, 0.4) is 0 Å². The zero-order valence-electron chi connectivity index (χ0n) is 13.9. The molecule has 3 rings (SSSR count). The largest absolute Gasteiger partial charge is 0.484 e. The number of carbonyl (C=O) groups excluding carboxylic acids is 2. The molecule has 0 radical (unpaired) electrons. The van der Waals surface area contributed by atoms with Crippen LogP contribution in [0, 0.1) is 0 Å². The lowest BCUT2D eigenvalue weighted by Gasteiger charge is -2.08. The highest BCUT2D eigenvalue weighted by atomic mass is 16.5. The summed E-state index contributed by atoms with van der Waals surface area (Å²) in [5.74, 6) is 0.0604. The zero-order chi connectivity index (χ0) is 18.5. The molecular weight excluding hydrogens is 336 g/mol. The van der Waals surface area contributed by atoms with Crippen molar-refractivity contribution >= 4 is 22.8 Å². The molecule has 0 fully saturated rings. The molecule has 3 aromatic rings. The van der Waals surface area contributed by atoms with Crippen LogP contribution in [0.25, 0.3) is 11.0 Å².